The Labute approximate surface area is 121 Å². The van der Waals surface area contributed by atoms with E-state index in [4.69, 9.17) is 11.6 Å². The lowest BCUT2D eigenvalue weighted by atomic mass is 9.86. The molecule has 5 nitrogen and oxygen atoms in total. The highest BCUT2D eigenvalue weighted by molar-refractivity contribution is 6.32. The van der Waals surface area contributed by atoms with Crippen molar-refractivity contribution in [2.45, 2.75) is 26.2 Å². The van der Waals surface area contributed by atoms with Crippen molar-refractivity contribution in [1.29, 1.82) is 0 Å². The first-order valence-electron chi connectivity index (χ1n) is 6.43. The predicted octanol–water partition coefficient (Wildman–Crippen LogP) is 3.93. The van der Waals surface area contributed by atoms with Crippen LogP contribution < -0.4 is 5.32 Å². The summed E-state index contributed by atoms with van der Waals surface area (Å²) in [6.07, 6.45) is 4.29. The monoisotopic (exact) mass is 294 g/mol. The van der Waals surface area contributed by atoms with Crippen LogP contribution in [0.5, 0.6) is 0 Å². The number of carbonyl (C=O) groups excluding carboxylic acids is 1. The molecular weight excluding hydrogens is 280 g/mol. The van der Waals surface area contributed by atoms with Crippen molar-refractivity contribution in [1.82, 2.24) is 0 Å². The minimum atomic E-state index is -0.533. The van der Waals surface area contributed by atoms with Gasteiger partial charge in [-0.05, 0) is 31.4 Å². The van der Waals surface area contributed by atoms with E-state index in [0.717, 1.165) is 24.8 Å². The predicted molar refractivity (Wildman–Crippen MR) is 77.8 cm³/mol. The van der Waals surface area contributed by atoms with E-state index in [-0.39, 0.29) is 22.4 Å². The van der Waals surface area contributed by atoms with Gasteiger partial charge in [0.2, 0.25) is 0 Å². The van der Waals surface area contributed by atoms with Crippen LogP contribution in [0.3, 0.4) is 0 Å². The molecule has 1 aliphatic carbocycles. The summed E-state index contributed by atoms with van der Waals surface area (Å²) in [7, 11) is 0. The van der Waals surface area contributed by atoms with Gasteiger partial charge in [-0.25, -0.2) is 0 Å². The van der Waals surface area contributed by atoms with E-state index >= 15 is 0 Å². The second-order valence-corrected chi connectivity index (χ2v) is 5.30. The summed E-state index contributed by atoms with van der Waals surface area (Å²) >= 11 is 5.74. The standard InChI is InChI=1S/C14H15ClN2O3/c1-9-3-2-4-10(14(9)18)8-16-11-5-6-12(15)13(7-11)17(19)20/h5-9,16H,2-4H2,1H3/b10-8-/t9-/m0/s1. The third-order valence-corrected chi connectivity index (χ3v) is 3.72. The van der Waals surface area contributed by atoms with E-state index < -0.39 is 4.92 Å². The highest BCUT2D eigenvalue weighted by Gasteiger charge is 2.22. The van der Waals surface area contributed by atoms with Gasteiger partial charge in [0.15, 0.2) is 5.78 Å². The van der Waals surface area contributed by atoms with Crippen molar-refractivity contribution < 1.29 is 9.72 Å². The highest BCUT2D eigenvalue weighted by Crippen LogP contribution is 2.28. The van der Waals surface area contributed by atoms with Gasteiger partial charge in [-0.3, -0.25) is 14.9 Å². The molecule has 0 amide bonds. The fourth-order valence-electron chi connectivity index (χ4n) is 2.23. The Kier molecular flexibility index (Phi) is 4.39. The molecule has 0 bridgehead atoms. The van der Waals surface area contributed by atoms with Crippen molar-refractivity contribution in [2.75, 3.05) is 5.32 Å². The number of allylic oxidation sites excluding steroid dienone is 1. The topological polar surface area (TPSA) is 72.2 Å². The Balaban J connectivity index is 2.16. The normalized spacial score (nSPS) is 21.0. The van der Waals surface area contributed by atoms with Crippen molar-refractivity contribution in [3.05, 3.63) is 45.1 Å². The summed E-state index contributed by atoms with van der Waals surface area (Å²) < 4.78 is 0. The lowest BCUT2D eigenvalue weighted by molar-refractivity contribution is -0.384. The van der Waals surface area contributed by atoms with Gasteiger partial charge < -0.3 is 5.32 Å². The van der Waals surface area contributed by atoms with Crippen LogP contribution in [0.15, 0.2) is 30.0 Å². The molecule has 1 aromatic rings. The van der Waals surface area contributed by atoms with Crippen molar-refractivity contribution in [3.8, 4) is 0 Å². The summed E-state index contributed by atoms with van der Waals surface area (Å²) in [6.45, 7) is 1.92. The summed E-state index contributed by atoms with van der Waals surface area (Å²) in [5.74, 6) is 0.198. The highest BCUT2D eigenvalue weighted by atomic mass is 35.5. The van der Waals surface area contributed by atoms with Crippen LogP contribution in [0.4, 0.5) is 11.4 Å². The summed E-state index contributed by atoms with van der Waals surface area (Å²) in [4.78, 5) is 22.2. The number of anilines is 1. The van der Waals surface area contributed by atoms with Gasteiger partial charge in [0, 0.05) is 29.4 Å². The Morgan fingerprint density at radius 1 is 1.50 bits per heavy atom. The minimum absolute atomic E-state index is 0.0522. The summed E-state index contributed by atoms with van der Waals surface area (Å²) in [5.41, 5.74) is 1.12. The number of nitrogens with one attached hydrogen (secondary N) is 1. The van der Waals surface area contributed by atoms with E-state index in [1.165, 1.54) is 12.1 Å². The van der Waals surface area contributed by atoms with Gasteiger partial charge in [0.05, 0.1) is 4.92 Å². The number of hydrogen-bond donors (Lipinski definition) is 1. The molecule has 0 saturated heterocycles. The Hall–Kier alpha value is -1.88. The number of rotatable bonds is 3. The Bertz CT molecular complexity index is 584. The molecule has 0 heterocycles. The number of carbonyl (C=O) groups is 1. The number of nitro groups is 1. The number of halogens is 1. The molecule has 106 valence electrons. The molecule has 2 rings (SSSR count). The maximum absolute atomic E-state index is 11.9. The zero-order valence-electron chi connectivity index (χ0n) is 11.1. The smallest absolute Gasteiger partial charge is 0.289 e. The Morgan fingerprint density at radius 3 is 2.95 bits per heavy atom. The van der Waals surface area contributed by atoms with E-state index in [9.17, 15) is 14.9 Å². The van der Waals surface area contributed by atoms with Crippen LogP contribution >= 0.6 is 11.6 Å². The molecule has 1 aromatic carbocycles. The average molecular weight is 295 g/mol. The first-order valence-corrected chi connectivity index (χ1v) is 6.80. The average Bonchev–Trinajstić information content (AvgIpc) is 2.41. The van der Waals surface area contributed by atoms with Crippen LogP contribution in [0.1, 0.15) is 26.2 Å². The van der Waals surface area contributed by atoms with Crippen molar-refractivity contribution >= 4 is 28.8 Å². The van der Waals surface area contributed by atoms with Crippen LogP contribution in [-0.4, -0.2) is 10.7 Å². The number of nitrogens with zero attached hydrogens (tertiary/aromatic N) is 1. The van der Waals surface area contributed by atoms with Crippen LogP contribution in [-0.2, 0) is 4.79 Å². The summed E-state index contributed by atoms with van der Waals surface area (Å²) in [5, 5.41) is 13.8. The SMILES string of the molecule is C[C@H]1CCC/C(=C/Nc2ccc(Cl)c([N+](=O)[O-])c2)C1=O. The maximum atomic E-state index is 11.9. The summed E-state index contributed by atoms with van der Waals surface area (Å²) in [6, 6.07) is 4.46. The van der Waals surface area contributed by atoms with Gasteiger partial charge in [-0.15, -0.1) is 0 Å². The van der Waals surface area contributed by atoms with Crippen molar-refractivity contribution in [3.63, 3.8) is 0 Å². The molecule has 1 fully saturated rings. The third-order valence-electron chi connectivity index (χ3n) is 3.40. The van der Waals surface area contributed by atoms with Gasteiger partial charge >= 0.3 is 0 Å². The number of nitro benzene ring substituents is 1. The third kappa shape index (κ3) is 3.17. The molecule has 1 aliphatic rings. The van der Waals surface area contributed by atoms with Gasteiger partial charge in [-0.1, -0.05) is 18.5 Å². The van der Waals surface area contributed by atoms with Crippen LogP contribution in [0.25, 0.3) is 0 Å². The fraction of sp³-hybridized carbons (Fsp3) is 0.357. The van der Waals surface area contributed by atoms with Gasteiger partial charge in [0.1, 0.15) is 5.02 Å². The second-order valence-electron chi connectivity index (χ2n) is 4.89. The molecule has 1 saturated carbocycles. The lowest BCUT2D eigenvalue weighted by Crippen LogP contribution is -2.19. The maximum Gasteiger partial charge on any atom is 0.289 e. The van der Waals surface area contributed by atoms with Gasteiger partial charge in [0.25, 0.3) is 5.69 Å². The molecule has 1 atom stereocenters. The van der Waals surface area contributed by atoms with E-state index in [2.05, 4.69) is 5.32 Å². The first-order chi connectivity index (χ1) is 9.49. The molecule has 20 heavy (non-hydrogen) atoms. The van der Waals surface area contributed by atoms with Crippen molar-refractivity contribution in [2.24, 2.45) is 5.92 Å². The molecule has 0 unspecified atom stereocenters. The van der Waals surface area contributed by atoms with E-state index in [1.807, 2.05) is 6.92 Å². The first kappa shape index (κ1) is 14.5. The fourth-order valence-corrected chi connectivity index (χ4v) is 2.41. The number of Topliss-reactive ketones (excluding diaryl/α,β-unsaturated/α-hetero) is 1. The Morgan fingerprint density at radius 2 is 2.25 bits per heavy atom. The molecule has 0 radical (unpaired) electrons. The van der Waals surface area contributed by atoms with Gasteiger partial charge in [-0.2, -0.15) is 0 Å². The number of hydrogen-bond acceptors (Lipinski definition) is 4. The van der Waals surface area contributed by atoms with E-state index in [0.29, 0.717) is 5.69 Å². The molecule has 1 N–H and O–H groups in total. The molecule has 0 spiro atoms. The number of ketones is 1. The quantitative estimate of drug-likeness (QED) is 0.521. The number of benzene rings is 1. The zero-order chi connectivity index (χ0) is 14.7. The molecular formula is C14H15ClN2O3. The zero-order valence-corrected chi connectivity index (χ0v) is 11.8. The minimum Gasteiger partial charge on any atom is -0.361 e. The molecule has 6 heteroatoms. The second kappa shape index (κ2) is 6.05. The molecule has 0 aliphatic heterocycles. The van der Waals surface area contributed by atoms with E-state index in [1.54, 1.807) is 12.3 Å². The molecule has 0 aromatic heterocycles. The van der Waals surface area contributed by atoms with Crippen LogP contribution in [0.2, 0.25) is 5.02 Å². The lowest BCUT2D eigenvalue weighted by Gasteiger charge is -2.19. The largest absolute Gasteiger partial charge is 0.361 e. The van der Waals surface area contributed by atoms with Crippen LogP contribution in [0, 0.1) is 16.0 Å².